The number of hydrogen-bond donors (Lipinski definition) is 0. The van der Waals surface area contributed by atoms with Crippen LogP contribution in [0.2, 0.25) is 0 Å². The molecule has 2 heterocycles. The van der Waals surface area contributed by atoms with Crippen LogP contribution in [0.5, 0.6) is 0 Å². The molecule has 3 aromatic rings. The molecule has 1 fully saturated rings. The lowest BCUT2D eigenvalue weighted by Gasteiger charge is -2.29. The summed E-state index contributed by atoms with van der Waals surface area (Å²) in [6.45, 7) is 4.15. The molecule has 1 aliphatic rings. The normalized spacial score (nSPS) is 14.7. The fourth-order valence-electron chi connectivity index (χ4n) is 3.59. The molecule has 0 spiro atoms. The molecule has 1 aromatic heterocycles. The molecule has 1 amide bonds. The number of hydrogen-bond acceptors (Lipinski definition) is 8. The zero-order valence-corrected chi connectivity index (χ0v) is 21.7. The second-order valence-electron chi connectivity index (χ2n) is 7.51. The number of rotatable bonds is 7. The fourth-order valence-corrected chi connectivity index (χ4v) is 5.96. The fraction of sp³-hybridized carbons (Fsp3) is 0.364. The van der Waals surface area contributed by atoms with Gasteiger partial charge in [0.2, 0.25) is 0 Å². The summed E-state index contributed by atoms with van der Waals surface area (Å²) in [5, 5.41) is 0.504. The number of sulfone groups is 1. The summed E-state index contributed by atoms with van der Waals surface area (Å²) in [6.07, 6.45) is 3.15. The number of benzene rings is 2. The van der Waals surface area contributed by atoms with Gasteiger partial charge in [0.1, 0.15) is 5.52 Å². The summed E-state index contributed by atoms with van der Waals surface area (Å²) in [5.41, 5.74) is 0.999. The van der Waals surface area contributed by atoms with E-state index in [0.29, 0.717) is 42.5 Å². The number of amides is 1. The zero-order valence-electron chi connectivity index (χ0n) is 18.4. The first-order valence-electron chi connectivity index (χ1n) is 10.2. The minimum atomic E-state index is -3.44. The monoisotopic (exact) mass is 527 g/mol. The number of carbonyl (C=O) groups excluding carboxylic acids is 1. The van der Waals surface area contributed by atoms with E-state index in [0.717, 1.165) is 22.7 Å². The van der Waals surface area contributed by atoms with E-state index in [4.69, 9.17) is 4.74 Å². The molecule has 1 saturated heterocycles. The van der Waals surface area contributed by atoms with Gasteiger partial charge in [0, 0.05) is 42.9 Å². The molecule has 0 bridgehead atoms. The van der Waals surface area contributed by atoms with Crippen molar-refractivity contribution < 1.29 is 17.9 Å². The molecule has 0 atom stereocenters. The molecule has 0 radical (unpaired) electrons. The summed E-state index contributed by atoms with van der Waals surface area (Å²) >= 11 is 2.92. The summed E-state index contributed by atoms with van der Waals surface area (Å²) < 4.78 is 30.7. The highest BCUT2D eigenvalue weighted by atomic mass is 35.5. The van der Waals surface area contributed by atoms with Crippen molar-refractivity contribution in [2.75, 3.05) is 56.8 Å². The van der Waals surface area contributed by atoms with Crippen LogP contribution >= 0.6 is 35.5 Å². The summed E-state index contributed by atoms with van der Waals surface area (Å²) in [6, 6.07) is 12.6. The van der Waals surface area contributed by atoms with Gasteiger partial charge in [-0.05, 0) is 36.6 Å². The van der Waals surface area contributed by atoms with Gasteiger partial charge in [0.05, 0.1) is 22.8 Å². The van der Waals surface area contributed by atoms with Crippen molar-refractivity contribution >= 4 is 66.6 Å². The molecule has 0 unspecified atom stereocenters. The van der Waals surface area contributed by atoms with E-state index < -0.39 is 9.84 Å². The van der Waals surface area contributed by atoms with Gasteiger partial charge in [-0.25, -0.2) is 13.4 Å². The van der Waals surface area contributed by atoms with E-state index in [2.05, 4.69) is 9.88 Å². The van der Waals surface area contributed by atoms with Gasteiger partial charge in [-0.1, -0.05) is 23.5 Å². The Hall–Kier alpha value is -1.69. The molecule has 11 heteroatoms. The molecule has 0 saturated carbocycles. The van der Waals surface area contributed by atoms with E-state index in [-0.39, 0.29) is 23.2 Å². The highest BCUT2D eigenvalue weighted by Crippen LogP contribution is 2.33. The quantitative estimate of drug-likeness (QED) is 0.432. The van der Waals surface area contributed by atoms with Gasteiger partial charge < -0.3 is 4.74 Å². The lowest BCUT2D eigenvalue weighted by Crippen LogP contribution is -2.43. The van der Waals surface area contributed by atoms with Gasteiger partial charge in [-0.2, -0.15) is 0 Å². The smallest absolute Gasteiger partial charge is 0.260 e. The third kappa shape index (κ3) is 6.06. The van der Waals surface area contributed by atoms with Crippen LogP contribution in [-0.2, 0) is 14.6 Å². The number of halogens is 1. The Bertz CT molecular complexity index is 1230. The Labute approximate surface area is 208 Å². The van der Waals surface area contributed by atoms with Gasteiger partial charge in [-0.15, -0.1) is 24.2 Å². The van der Waals surface area contributed by atoms with Crippen LogP contribution in [0.15, 0.2) is 52.3 Å². The van der Waals surface area contributed by atoms with E-state index in [9.17, 15) is 13.2 Å². The Morgan fingerprint density at radius 1 is 1.21 bits per heavy atom. The molecule has 33 heavy (non-hydrogen) atoms. The minimum absolute atomic E-state index is 0. The zero-order chi connectivity index (χ0) is 22.7. The SMILES string of the molecule is CSc1cccc(C(=O)N(CCN2CCOCC2)c2nc3c(S(C)(=O)=O)cccc3s2)c1.Cl. The topological polar surface area (TPSA) is 79.8 Å². The van der Waals surface area contributed by atoms with E-state index in [1.165, 1.54) is 17.6 Å². The molecule has 7 nitrogen and oxygen atoms in total. The Balaban J connectivity index is 0.00000306. The average Bonchev–Trinajstić information content (AvgIpc) is 3.23. The van der Waals surface area contributed by atoms with Gasteiger partial charge in [0.25, 0.3) is 5.91 Å². The maximum absolute atomic E-state index is 13.6. The predicted molar refractivity (Wildman–Crippen MR) is 137 cm³/mol. The van der Waals surface area contributed by atoms with Crippen molar-refractivity contribution in [3.8, 4) is 0 Å². The highest BCUT2D eigenvalue weighted by molar-refractivity contribution is 7.98. The third-order valence-electron chi connectivity index (χ3n) is 5.31. The number of anilines is 1. The summed E-state index contributed by atoms with van der Waals surface area (Å²) in [4.78, 5) is 23.3. The van der Waals surface area contributed by atoms with Crippen LogP contribution in [0, 0.1) is 0 Å². The van der Waals surface area contributed by atoms with Crippen molar-refractivity contribution in [2.45, 2.75) is 9.79 Å². The Morgan fingerprint density at radius 3 is 2.64 bits per heavy atom. The maximum Gasteiger partial charge on any atom is 0.260 e. The lowest BCUT2D eigenvalue weighted by molar-refractivity contribution is 0.0391. The van der Waals surface area contributed by atoms with E-state index >= 15 is 0 Å². The van der Waals surface area contributed by atoms with Gasteiger partial charge >= 0.3 is 0 Å². The average molecular weight is 528 g/mol. The minimum Gasteiger partial charge on any atom is -0.379 e. The number of nitrogens with zero attached hydrogens (tertiary/aromatic N) is 3. The van der Waals surface area contributed by atoms with Crippen LogP contribution < -0.4 is 4.90 Å². The maximum atomic E-state index is 13.6. The molecular weight excluding hydrogens is 502 g/mol. The van der Waals surface area contributed by atoms with Crippen LogP contribution in [0.25, 0.3) is 10.2 Å². The van der Waals surface area contributed by atoms with Gasteiger partial charge in [-0.3, -0.25) is 14.6 Å². The molecule has 4 rings (SSSR count). The Morgan fingerprint density at radius 2 is 1.94 bits per heavy atom. The predicted octanol–water partition coefficient (Wildman–Crippen LogP) is 3.82. The number of carbonyl (C=O) groups is 1. The second kappa shape index (κ2) is 11.2. The van der Waals surface area contributed by atoms with Crippen molar-refractivity contribution in [1.29, 1.82) is 0 Å². The molecular formula is C22H26ClN3O4S3. The van der Waals surface area contributed by atoms with Crippen molar-refractivity contribution in [3.63, 3.8) is 0 Å². The van der Waals surface area contributed by atoms with Crippen molar-refractivity contribution in [1.82, 2.24) is 9.88 Å². The molecule has 0 N–H and O–H groups in total. The molecule has 1 aliphatic heterocycles. The van der Waals surface area contributed by atoms with Crippen molar-refractivity contribution in [2.24, 2.45) is 0 Å². The number of thiazole rings is 1. The van der Waals surface area contributed by atoms with Crippen molar-refractivity contribution in [3.05, 3.63) is 48.0 Å². The summed E-state index contributed by atoms with van der Waals surface area (Å²) in [5.74, 6) is -0.144. The third-order valence-corrected chi connectivity index (χ3v) is 8.20. The first kappa shape index (κ1) is 25.9. The van der Waals surface area contributed by atoms with Crippen LogP contribution in [0.3, 0.4) is 0 Å². The highest BCUT2D eigenvalue weighted by Gasteiger charge is 2.25. The van der Waals surface area contributed by atoms with Crippen LogP contribution in [0.1, 0.15) is 10.4 Å². The Kier molecular flexibility index (Phi) is 8.76. The molecule has 0 aliphatic carbocycles. The molecule has 2 aromatic carbocycles. The first-order valence-corrected chi connectivity index (χ1v) is 14.2. The number of fused-ring (bicyclic) bond motifs is 1. The number of para-hydroxylation sites is 1. The standard InChI is InChI=1S/C22H25N3O4S3.ClH/c1-30-17-6-3-5-16(15-17)21(26)25(10-9-24-11-13-29-14-12-24)22-23-20-18(31-22)7-4-8-19(20)32(2,27)28;/h3-8,15H,9-14H2,1-2H3;1H. The second-order valence-corrected chi connectivity index (χ2v) is 11.4. The van der Waals surface area contributed by atoms with E-state index in [1.807, 2.05) is 30.5 Å². The van der Waals surface area contributed by atoms with Crippen LogP contribution in [0.4, 0.5) is 5.13 Å². The summed E-state index contributed by atoms with van der Waals surface area (Å²) in [7, 11) is -3.44. The molecule has 178 valence electrons. The van der Waals surface area contributed by atoms with Crippen LogP contribution in [-0.4, -0.2) is 76.1 Å². The number of aromatic nitrogens is 1. The number of thioether (sulfide) groups is 1. The van der Waals surface area contributed by atoms with Gasteiger partial charge in [0.15, 0.2) is 15.0 Å². The lowest BCUT2D eigenvalue weighted by atomic mass is 10.2. The first-order chi connectivity index (χ1) is 15.4. The number of ether oxygens (including phenoxy) is 1. The largest absolute Gasteiger partial charge is 0.379 e. The van der Waals surface area contributed by atoms with E-state index in [1.54, 1.807) is 34.9 Å². The number of morpholine rings is 1.